The summed E-state index contributed by atoms with van der Waals surface area (Å²) in [7, 11) is 0. The first-order valence-electron chi connectivity index (χ1n) is 5.48. The molecule has 0 aliphatic carbocycles. The van der Waals surface area contributed by atoms with Crippen molar-refractivity contribution in [2.24, 2.45) is 0 Å². The van der Waals surface area contributed by atoms with Crippen LogP contribution >= 0.6 is 0 Å². The van der Waals surface area contributed by atoms with Crippen LogP contribution < -0.4 is 4.74 Å². The summed E-state index contributed by atoms with van der Waals surface area (Å²) < 4.78 is 5.69. The van der Waals surface area contributed by atoms with E-state index in [1.807, 2.05) is 54.6 Å². The molecule has 0 radical (unpaired) electrons. The molecule has 88 valence electrons. The average molecular weight is 238 g/mol. The van der Waals surface area contributed by atoms with Crippen LogP contribution in [0.1, 0.15) is 0 Å². The molecule has 0 spiro atoms. The van der Waals surface area contributed by atoms with Gasteiger partial charge in [0.25, 0.3) is 0 Å². The van der Waals surface area contributed by atoms with Crippen molar-refractivity contribution < 1.29 is 4.74 Å². The molecule has 0 unspecified atom stereocenters. The second kappa shape index (κ2) is 4.67. The molecular weight excluding hydrogens is 228 g/mol. The summed E-state index contributed by atoms with van der Waals surface area (Å²) in [6, 6.07) is 17.2. The topological polar surface area (TPSA) is 63.7 Å². The summed E-state index contributed by atoms with van der Waals surface area (Å²) in [5, 5.41) is 13.8. The fourth-order valence-electron chi connectivity index (χ4n) is 1.58. The van der Waals surface area contributed by atoms with E-state index in [4.69, 9.17) is 4.74 Å². The molecule has 1 N–H and O–H groups in total. The van der Waals surface area contributed by atoms with Crippen molar-refractivity contribution in [1.29, 1.82) is 0 Å². The van der Waals surface area contributed by atoms with Gasteiger partial charge in [0.05, 0.1) is 0 Å². The summed E-state index contributed by atoms with van der Waals surface area (Å²) in [5.41, 5.74) is 0.893. The Morgan fingerprint density at radius 1 is 0.833 bits per heavy atom. The summed E-state index contributed by atoms with van der Waals surface area (Å²) >= 11 is 0. The van der Waals surface area contributed by atoms with Gasteiger partial charge in [-0.2, -0.15) is 5.21 Å². The number of para-hydroxylation sites is 1. The number of hydrogen-bond acceptors (Lipinski definition) is 4. The molecule has 0 aliphatic heterocycles. The first-order valence-corrected chi connectivity index (χ1v) is 5.48. The number of tetrazole rings is 1. The fraction of sp³-hybridized carbons (Fsp3) is 0. The van der Waals surface area contributed by atoms with Crippen LogP contribution in [0.15, 0.2) is 54.6 Å². The lowest BCUT2D eigenvalue weighted by Crippen LogP contribution is -1.85. The Balaban J connectivity index is 1.80. The molecule has 3 rings (SSSR count). The first kappa shape index (κ1) is 10.5. The van der Waals surface area contributed by atoms with Crippen LogP contribution in [0.4, 0.5) is 0 Å². The molecule has 3 aromatic rings. The molecule has 0 saturated carbocycles. The highest BCUT2D eigenvalue weighted by Gasteiger charge is 2.03. The number of ether oxygens (including phenoxy) is 1. The number of H-pyrrole nitrogens is 1. The van der Waals surface area contributed by atoms with E-state index in [0.717, 1.165) is 17.1 Å². The predicted molar refractivity (Wildman–Crippen MR) is 66.1 cm³/mol. The second-order valence-electron chi connectivity index (χ2n) is 3.67. The van der Waals surface area contributed by atoms with Crippen LogP contribution in [0.2, 0.25) is 0 Å². The van der Waals surface area contributed by atoms with Gasteiger partial charge in [0.2, 0.25) is 5.82 Å². The largest absolute Gasteiger partial charge is 0.457 e. The van der Waals surface area contributed by atoms with Crippen LogP contribution in [0, 0.1) is 0 Å². The van der Waals surface area contributed by atoms with E-state index >= 15 is 0 Å². The van der Waals surface area contributed by atoms with Crippen LogP contribution in [-0.4, -0.2) is 20.6 Å². The Labute approximate surface area is 103 Å². The number of aromatic nitrogens is 4. The van der Waals surface area contributed by atoms with Crippen molar-refractivity contribution >= 4 is 0 Å². The molecule has 5 nitrogen and oxygen atoms in total. The third-order valence-corrected chi connectivity index (χ3v) is 2.44. The van der Waals surface area contributed by atoms with Gasteiger partial charge in [0, 0.05) is 5.56 Å². The third kappa shape index (κ3) is 2.20. The minimum atomic E-state index is 0.571. The standard InChI is InChI=1S/C13H10N4O/c1-2-4-11(5-3-1)18-12-8-6-10(7-9-12)13-14-16-17-15-13/h1-9H,(H,14,15,16,17). The summed E-state index contributed by atoms with van der Waals surface area (Å²) in [6.07, 6.45) is 0. The summed E-state index contributed by atoms with van der Waals surface area (Å²) in [4.78, 5) is 0. The Kier molecular flexibility index (Phi) is 2.71. The van der Waals surface area contributed by atoms with Crippen molar-refractivity contribution in [3.8, 4) is 22.9 Å². The Morgan fingerprint density at radius 3 is 2.22 bits per heavy atom. The zero-order valence-electron chi connectivity index (χ0n) is 9.45. The van der Waals surface area contributed by atoms with Crippen molar-refractivity contribution in [2.75, 3.05) is 0 Å². The van der Waals surface area contributed by atoms with Crippen LogP contribution in [0.3, 0.4) is 0 Å². The number of benzene rings is 2. The van der Waals surface area contributed by atoms with E-state index in [9.17, 15) is 0 Å². The predicted octanol–water partition coefficient (Wildman–Crippen LogP) is 2.66. The fourth-order valence-corrected chi connectivity index (χ4v) is 1.58. The van der Waals surface area contributed by atoms with Gasteiger partial charge >= 0.3 is 0 Å². The van der Waals surface area contributed by atoms with Crippen LogP contribution in [-0.2, 0) is 0 Å². The Bertz CT molecular complexity index is 605. The Morgan fingerprint density at radius 2 is 1.56 bits per heavy atom. The molecule has 0 aliphatic rings. The maximum atomic E-state index is 5.69. The smallest absolute Gasteiger partial charge is 0.204 e. The molecule has 0 atom stereocenters. The van der Waals surface area contributed by atoms with Crippen LogP contribution in [0.25, 0.3) is 11.4 Å². The highest BCUT2D eigenvalue weighted by molar-refractivity contribution is 5.55. The number of hydrogen-bond donors (Lipinski definition) is 1. The molecule has 0 saturated heterocycles. The van der Waals surface area contributed by atoms with Crippen molar-refractivity contribution in [2.45, 2.75) is 0 Å². The molecule has 0 bridgehead atoms. The minimum Gasteiger partial charge on any atom is -0.457 e. The van der Waals surface area contributed by atoms with Crippen molar-refractivity contribution in [3.05, 3.63) is 54.6 Å². The maximum absolute atomic E-state index is 5.69. The van der Waals surface area contributed by atoms with Gasteiger partial charge in [-0.3, -0.25) is 0 Å². The lowest BCUT2D eigenvalue weighted by molar-refractivity contribution is 0.483. The second-order valence-corrected chi connectivity index (χ2v) is 3.67. The molecular formula is C13H10N4O. The van der Waals surface area contributed by atoms with Crippen LogP contribution in [0.5, 0.6) is 11.5 Å². The van der Waals surface area contributed by atoms with E-state index < -0.39 is 0 Å². The zero-order chi connectivity index (χ0) is 12.2. The lowest BCUT2D eigenvalue weighted by Gasteiger charge is -2.05. The van der Waals surface area contributed by atoms with Gasteiger partial charge in [-0.15, -0.1) is 10.2 Å². The molecule has 5 heteroatoms. The minimum absolute atomic E-state index is 0.571. The van der Waals surface area contributed by atoms with Gasteiger partial charge in [-0.1, -0.05) is 18.2 Å². The maximum Gasteiger partial charge on any atom is 0.204 e. The number of nitrogens with one attached hydrogen (secondary N) is 1. The molecule has 2 aromatic carbocycles. The molecule has 1 heterocycles. The van der Waals surface area contributed by atoms with Crippen molar-refractivity contribution in [3.63, 3.8) is 0 Å². The SMILES string of the molecule is c1ccc(Oc2ccc(-c3nn[nH]n3)cc2)cc1. The summed E-state index contributed by atoms with van der Waals surface area (Å²) in [5.74, 6) is 2.15. The molecule has 0 amide bonds. The lowest BCUT2D eigenvalue weighted by atomic mass is 10.2. The number of nitrogens with zero attached hydrogens (tertiary/aromatic N) is 3. The monoisotopic (exact) mass is 238 g/mol. The van der Waals surface area contributed by atoms with E-state index in [1.54, 1.807) is 0 Å². The van der Waals surface area contributed by atoms with Gasteiger partial charge in [-0.05, 0) is 41.6 Å². The highest BCUT2D eigenvalue weighted by atomic mass is 16.5. The van der Waals surface area contributed by atoms with Gasteiger partial charge < -0.3 is 4.74 Å². The normalized spacial score (nSPS) is 10.2. The Hall–Kier alpha value is -2.69. The van der Waals surface area contributed by atoms with Gasteiger partial charge in [0.15, 0.2) is 0 Å². The third-order valence-electron chi connectivity index (χ3n) is 2.44. The molecule has 0 fully saturated rings. The molecule has 18 heavy (non-hydrogen) atoms. The van der Waals surface area contributed by atoms with Gasteiger partial charge in [-0.25, -0.2) is 0 Å². The summed E-state index contributed by atoms with van der Waals surface area (Å²) in [6.45, 7) is 0. The quantitative estimate of drug-likeness (QED) is 0.761. The van der Waals surface area contributed by atoms with E-state index in [-0.39, 0.29) is 0 Å². The zero-order valence-corrected chi connectivity index (χ0v) is 9.45. The average Bonchev–Trinajstić information content (AvgIpc) is 2.95. The van der Waals surface area contributed by atoms with E-state index in [1.165, 1.54) is 0 Å². The van der Waals surface area contributed by atoms with Gasteiger partial charge in [0.1, 0.15) is 11.5 Å². The van der Waals surface area contributed by atoms with Crippen molar-refractivity contribution in [1.82, 2.24) is 20.6 Å². The van der Waals surface area contributed by atoms with E-state index in [0.29, 0.717) is 5.82 Å². The molecule has 1 aromatic heterocycles. The highest BCUT2D eigenvalue weighted by Crippen LogP contribution is 2.23. The van der Waals surface area contributed by atoms with E-state index in [2.05, 4.69) is 20.6 Å². The number of aromatic amines is 1. The first-order chi connectivity index (χ1) is 8.92. The number of rotatable bonds is 3.